The van der Waals surface area contributed by atoms with Crippen LogP contribution in [0.5, 0.6) is 0 Å². The number of rotatable bonds is 4. The van der Waals surface area contributed by atoms with Gasteiger partial charge in [0.15, 0.2) is 0 Å². The summed E-state index contributed by atoms with van der Waals surface area (Å²) in [4.78, 5) is 18.1. The van der Waals surface area contributed by atoms with Gasteiger partial charge in [0.05, 0.1) is 22.5 Å². The lowest BCUT2D eigenvalue weighted by molar-refractivity contribution is 0.0695. The van der Waals surface area contributed by atoms with Gasteiger partial charge in [-0.25, -0.2) is 4.79 Å². The number of aromatic nitrogens is 3. The van der Waals surface area contributed by atoms with E-state index in [1.54, 1.807) is 12.3 Å². The minimum Gasteiger partial charge on any atom is -0.478 e. The van der Waals surface area contributed by atoms with Crippen LogP contribution in [0.3, 0.4) is 0 Å². The van der Waals surface area contributed by atoms with Crippen LogP contribution in [0.1, 0.15) is 32.9 Å². The number of carboxylic acids is 1. The Balaban J connectivity index is 1.53. The summed E-state index contributed by atoms with van der Waals surface area (Å²) in [6, 6.07) is 16.3. The molecule has 0 fully saturated rings. The van der Waals surface area contributed by atoms with Gasteiger partial charge in [-0.1, -0.05) is 17.7 Å². The third-order valence-corrected chi connectivity index (χ3v) is 5.93. The van der Waals surface area contributed by atoms with Gasteiger partial charge in [0.1, 0.15) is 0 Å². The monoisotopic (exact) mass is 410 g/mol. The average molecular weight is 410 g/mol. The molecule has 1 aliphatic carbocycles. The third-order valence-electron chi connectivity index (χ3n) is 5.93. The molecule has 0 radical (unpaired) electrons. The van der Waals surface area contributed by atoms with Crippen molar-refractivity contribution in [2.45, 2.75) is 13.3 Å². The summed E-state index contributed by atoms with van der Waals surface area (Å²) < 4.78 is 1.87. The number of carboxylic acid groups (broad SMARTS) is 1. The molecule has 0 aliphatic heterocycles. The van der Waals surface area contributed by atoms with Gasteiger partial charge in [-0.15, -0.1) is 0 Å². The highest BCUT2D eigenvalue weighted by Gasteiger charge is 2.24. The summed E-state index contributed by atoms with van der Waals surface area (Å²) in [6.45, 7) is 2.08. The zero-order valence-corrected chi connectivity index (χ0v) is 17.6. The molecular weight excluding hydrogens is 388 g/mol. The second-order valence-corrected chi connectivity index (χ2v) is 7.94. The Hall–Kier alpha value is -3.93. The Bertz CT molecular complexity index is 1370. The fourth-order valence-corrected chi connectivity index (χ4v) is 4.27. The predicted molar refractivity (Wildman–Crippen MR) is 123 cm³/mol. The first-order valence-electron chi connectivity index (χ1n) is 10.1. The normalized spacial score (nSPS) is 12.7. The van der Waals surface area contributed by atoms with Crippen molar-refractivity contribution in [3.05, 3.63) is 82.8 Å². The molecule has 0 unspecified atom stereocenters. The van der Waals surface area contributed by atoms with Gasteiger partial charge in [-0.3, -0.25) is 9.67 Å². The standard InChI is InChI=1S/C25H22N4O2/c1-15-4-6-17(7-5-15)28(2)18-8-9-20-23(14-18)27-29(3)24(20)16-12-21-19(25(30)31)10-11-26-22(21)13-16/h4-11,13-14H,12H2,1-3H3,(H,30,31). The van der Waals surface area contributed by atoms with Gasteiger partial charge in [0.2, 0.25) is 0 Å². The highest BCUT2D eigenvalue weighted by atomic mass is 16.4. The van der Waals surface area contributed by atoms with E-state index in [9.17, 15) is 9.90 Å². The molecule has 0 atom stereocenters. The zero-order valence-electron chi connectivity index (χ0n) is 17.6. The molecule has 6 nitrogen and oxygen atoms in total. The maximum Gasteiger partial charge on any atom is 0.336 e. The van der Waals surface area contributed by atoms with Crippen molar-refractivity contribution >= 4 is 39.9 Å². The first kappa shape index (κ1) is 19.1. The number of hydrogen-bond acceptors (Lipinski definition) is 4. The van der Waals surface area contributed by atoms with Crippen LogP contribution in [0.25, 0.3) is 22.6 Å². The zero-order chi connectivity index (χ0) is 21.7. The smallest absolute Gasteiger partial charge is 0.336 e. The van der Waals surface area contributed by atoms with Crippen LogP contribution in [-0.4, -0.2) is 32.9 Å². The lowest BCUT2D eigenvalue weighted by Crippen LogP contribution is -2.09. The summed E-state index contributed by atoms with van der Waals surface area (Å²) in [6.07, 6.45) is 4.06. The molecule has 2 heterocycles. The number of allylic oxidation sites excluding steroid dienone is 1. The van der Waals surface area contributed by atoms with Crippen LogP contribution >= 0.6 is 0 Å². The van der Waals surface area contributed by atoms with Gasteiger partial charge in [-0.2, -0.15) is 5.10 Å². The first-order chi connectivity index (χ1) is 14.9. The van der Waals surface area contributed by atoms with Gasteiger partial charge in [0, 0.05) is 43.5 Å². The Labute approximate surface area is 180 Å². The van der Waals surface area contributed by atoms with E-state index >= 15 is 0 Å². The molecule has 1 aliphatic rings. The van der Waals surface area contributed by atoms with Gasteiger partial charge in [0.25, 0.3) is 0 Å². The number of nitrogens with zero attached hydrogens (tertiary/aromatic N) is 4. The second-order valence-electron chi connectivity index (χ2n) is 7.94. The van der Waals surface area contributed by atoms with Crippen LogP contribution in [0.2, 0.25) is 0 Å². The van der Waals surface area contributed by atoms with E-state index in [-0.39, 0.29) is 0 Å². The van der Waals surface area contributed by atoms with E-state index < -0.39 is 5.97 Å². The topological polar surface area (TPSA) is 71.2 Å². The minimum absolute atomic E-state index is 0.310. The number of fused-ring (bicyclic) bond motifs is 2. The molecule has 0 spiro atoms. The molecule has 1 N–H and O–H groups in total. The molecular formula is C25H22N4O2. The molecule has 2 aromatic carbocycles. The number of carbonyl (C=O) groups is 1. The third kappa shape index (κ3) is 3.17. The van der Waals surface area contributed by atoms with Crippen molar-refractivity contribution in [1.29, 1.82) is 0 Å². The molecule has 31 heavy (non-hydrogen) atoms. The molecule has 0 saturated heterocycles. The van der Waals surface area contributed by atoms with Crippen LogP contribution in [0.4, 0.5) is 11.4 Å². The van der Waals surface area contributed by atoms with Crippen LogP contribution in [0, 0.1) is 6.92 Å². The largest absolute Gasteiger partial charge is 0.478 e. The van der Waals surface area contributed by atoms with E-state index in [4.69, 9.17) is 5.10 Å². The molecule has 2 aromatic heterocycles. The maximum atomic E-state index is 11.6. The number of pyridine rings is 1. The maximum absolute atomic E-state index is 11.6. The van der Waals surface area contributed by atoms with E-state index in [0.717, 1.165) is 44.8 Å². The summed E-state index contributed by atoms with van der Waals surface area (Å²) in [7, 11) is 3.97. The molecule has 0 bridgehead atoms. The average Bonchev–Trinajstić information content (AvgIpc) is 3.32. The van der Waals surface area contributed by atoms with Crippen molar-refractivity contribution in [2.24, 2.45) is 7.05 Å². The Morgan fingerprint density at radius 2 is 1.84 bits per heavy atom. The van der Waals surface area contributed by atoms with Crippen molar-refractivity contribution in [3.63, 3.8) is 0 Å². The van der Waals surface area contributed by atoms with Crippen LogP contribution in [0.15, 0.2) is 54.7 Å². The van der Waals surface area contributed by atoms with Crippen molar-refractivity contribution < 1.29 is 9.90 Å². The molecule has 0 saturated carbocycles. The molecule has 154 valence electrons. The lowest BCUT2D eigenvalue weighted by atomic mass is 10.0. The van der Waals surface area contributed by atoms with Crippen molar-refractivity contribution in [1.82, 2.24) is 14.8 Å². The molecule has 6 heteroatoms. The quantitative estimate of drug-likeness (QED) is 0.521. The van der Waals surface area contributed by atoms with Gasteiger partial charge < -0.3 is 10.0 Å². The number of benzene rings is 2. The number of hydrogen-bond donors (Lipinski definition) is 1. The Morgan fingerprint density at radius 1 is 1.10 bits per heavy atom. The minimum atomic E-state index is -0.924. The highest BCUT2D eigenvalue weighted by molar-refractivity contribution is 6.01. The first-order valence-corrected chi connectivity index (χ1v) is 10.1. The summed E-state index contributed by atoms with van der Waals surface area (Å²) >= 11 is 0. The number of aryl methyl sites for hydroxylation is 2. The van der Waals surface area contributed by atoms with Gasteiger partial charge in [-0.05, 0) is 60.5 Å². The van der Waals surface area contributed by atoms with E-state index in [0.29, 0.717) is 12.0 Å². The van der Waals surface area contributed by atoms with E-state index in [2.05, 4.69) is 59.3 Å². The fourth-order valence-electron chi connectivity index (χ4n) is 4.27. The fraction of sp³-hybridized carbons (Fsp3) is 0.160. The van der Waals surface area contributed by atoms with Crippen molar-refractivity contribution in [2.75, 3.05) is 11.9 Å². The van der Waals surface area contributed by atoms with Crippen LogP contribution in [-0.2, 0) is 13.5 Å². The Morgan fingerprint density at radius 3 is 2.58 bits per heavy atom. The summed E-state index contributed by atoms with van der Waals surface area (Å²) in [5.74, 6) is -0.924. The van der Waals surface area contributed by atoms with E-state index in [1.807, 2.05) is 24.9 Å². The van der Waals surface area contributed by atoms with E-state index in [1.165, 1.54) is 5.56 Å². The number of aromatic carboxylic acids is 1. The Kier molecular flexibility index (Phi) is 4.36. The predicted octanol–water partition coefficient (Wildman–Crippen LogP) is 4.84. The van der Waals surface area contributed by atoms with Crippen molar-refractivity contribution in [3.8, 4) is 0 Å². The highest BCUT2D eigenvalue weighted by Crippen LogP contribution is 2.37. The summed E-state index contributed by atoms with van der Waals surface area (Å²) in [5.41, 5.74) is 8.11. The van der Waals surface area contributed by atoms with Crippen LogP contribution < -0.4 is 4.90 Å². The lowest BCUT2D eigenvalue weighted by Gasteiger charge is -2.19. The van der Waals surface area contributed by atoms with Gasteiger partial charge >= 0.3 is 5.97 Å². The second kappa shape index (κ2) is 7.09. The molecule has 5 rings (SSSR count). The summed E-state index contributed by atoms with van der Waals surface area (Å²) in [5, 5.41) is 15.3. The molecule has 4 aromatic rings. The number of anilines is 2. The molecule has 0 amide bonds. The SMILES string of the molecule is Cc1ccc(N(C)c2ccc3c(C4=Cc5nccc(C(=O)O)c5C4)n(C)nc3c2)cc1.